The summed E-state index contributed by atoms with van der Waals surface area (Å²) in [5.41, 5.74) is 7.09. The van der Waals surface area contributed by atoms with Crippen LogP contribution in [0, 0.1) is 6.92 Å². The number of benzene rings is 3. The number of nitrogen functional groups attached to an aromatic ring is 1. The highest BCUT2D eigenvalue weighted by Crippen LogP contribution is 2.40. The lowest BCUT2D eigenvalue weighted by atomic mass is 9.82. The Morgan fingerprint density at radius 3 is 2.23 bits per heavy atom. The Hall–Kier alpha value is -2.68. The van der Waals surface area contributed by atoms with Crippen LogP contribution < -0.4 is 10.5 Å². The molecule has 1 aliphatic carbocycles. The molecule has 30 heavy (non-hydrogen) atoms. The smallest absolute Gasteiger partial charge is 0.261 e. The molecule has 0 saturated carbocycles. The second-order valence-electron chi connectivity index (χ2n) is 6.84. The Labute approximate surface area is 186 Å². The van der Waals surface area contributed by atoms with Gasteiger partial charge in [0.2, 0.25) is 0 Å². The van der Waals surface area contributed by atoms with Crippen molar-refractivity contribution in [1.29, 1.82) is 0 Å². The van der Waals surface area contributed by atoms with Gasteiger partial charge in [0.15, 0.2) is 11.6 Å². The minimum Gasteiger partial charge on any atom is -0.397 e. The zero-order valence-electron chi connectivity index (χ0n) is 15.5. The molecule has 0 amide bonds. The van der Waals surface area contributed by atoms with Gasteiger partial charge < -0.3 is 5.73 Å². The highest BCUT2D eigenvalue weighted by molar-refractivity contribution is 9.10. The molecule has 0 spiro atoms. The fraction of sp³-hybridized carbons (Fsp3) is 0.0476. The minimum atomic E-state index is -4.02. The molecule has 3 aromatic rings. The SMILES string of the molecule is Cc1ccc(S(=O)(=O)Nc2cc(Br)c(N)c3c2C(=O)c2cc(Cl)ccc2C3=O)cc1. The number of ketones is 2. The highest BCUT2D eigenvalue weighted by Gasteiger charge is 2.35. The maximum atomic E-state index is 13.2. The molecule has 0 aliphatic heterocycles. The van der Waals surface area contributed by atoms with Gasteiger partial charge in [-0.2, -0.15) is 0 Å². The molecule has 6 nitrogen and oxygen atoms in total. The molecule has 0 radical (unpaired) electrons. The number of rotatable bonds is 3. The van der Waals surface area contributed by atoms with Crippen molar-refractivity contribution in [2.24, 2.45) is 0 Å². The van der Waals surface area contributed by atoms with Crippen molar-refractivity contribution >= 4 is 60.5 Å². The molecule has 152 valence electrons. The second kappa shape index (κ2) is 7.23. The molecule has 3 aromatic carbocycles. The third kappa shape index (κ3) is 3.30. The lowest BCUT2D eigenvalue weighted by Gasteiger charge is -2.23. The van der Waals surface area contributed by atoms with Gasteiger partial charge in [-0.25, -0.2) is 8.42 Å². The van der Waals surface area contributed by atoms with E-state index in [-0.39, 0.29) is 43.5 Å². The number of nitrogens with two attached hydrogens (primary N) is 1. The third-order valence-electron chi connectivity index (χ3n) is 4.82. The summed E-state index contributed by atoms with van der Waals surface area (Å²) >= 11 is 9.26. The molecular formula is C21H14BrClN2O4S. The molecule has 0 unspecified atom stereocenters. The van der Waals surface area contributed by atoms with Gasteiger partial charge in [-0.15, -0.1) is 0 Å². The fourth-order valence-electron chi connectivity index (χ4n) is 3.31. The van der Waals surface area contributed by atoms with Crippen molar-refractivity contribution in [3.63, 3.8) is 0 Å². The first-order valence-electron chi connectivity index (χ1n) is 8.70. The first-order valence-corrected chi connectivity index (χ1v) is 11.4. The summed E-state index contributed by atoms with van der Waals surface area (Å²) in [5.74, 6) is -1.02. The summed E-state index contributed by atoms with van der Waals surface area (Å²) in [6, 6.07) is 12.0. The van der Waals surface area contributed by atoms with Gasteiger partial charge in [-0.05, 0) is 59.3 Å². The Balaban J connectivity index is 1.91. The predicted octanol–water partition coefficient (Wildman–Crippen LogP) is 4.57. The van der Waals surface area contributed by atoms with Crippen molar-refractivity contribution < 1.29 is 18.0 Å². The van der Waals surface area contributed by atoms with Crippen LogP contribution >= 0.6 is 27.5 Å². The molecule has 0 atom stereocenters. The van der Waals surface area contributed by atoms with E-state index in [1.807, 2.05) is 6.92 Å². The summed E-state index contributed by atoms with van der Waals surface area (Å²) in [7, 11) is -4.02. The van der Waals surface area contributed by atoms with Crippen molar-refractivity contribution in [2.75, 3.05) is 10.5 Å². The maximum absolute atomic E-state index is 13.2. The standard InChI is InChI=1S/C21H14BrClN2O4S/c1-10-2-5-12(6-3-10)30(28,29)25-16-9-15(22)19(24)18-17(16)21(27)14-8-11(23)4-7-13(14)20(18)26/h2-9,25H,24H2,1H3. The summed E-state index contributed by atoms with van der Waals surface area (Å²) in [4.78, 5) is 26.4. The number of hydrogen-bond donors (Lipinski definition) is 2. The fourth-order valence-corrected chi connectivity index (χ4v) is 4.97. The number of anilines is 2. The number of hydrogen-bond acceptors (Lipinski definition) is 5. The van der Waals surface area contributed by atoms with Gasteiger partial charge in [0.1, 0.15) is 0 Å². The molecule has 0 fully saturated rings. The third-order valence-corrected chi connectivity index (χ3v) is 7.09. The van der Waals surface area contributed by atoms with Gasteiger partial charge >= 0.3 is 0 Å². The zero-order chi connectivity index (χ0) is 21.8. The van der Waals surface area contributed by atoms with Crippen LogP contribution in [0.15, 0.2) is 57.9 Å². The Bertz CT molecular complexity index is 1350. The topological polar surface area (TPSA) is 106 Å². The summed E-state index contributed by atoms with van der Waals surface area (Å²) in [5, 5.41) is 0.283. The van der Waals surface area contributed by atoms with Gasteiger partial charge in [-0.3, -0.25) is 14.3 Å². The first-order chi connectivity index (χ1) is 14.1. The van der Waals surface area contributed by atoms with Gasteiger partial charge in [-0.1, -0.05) is 29.3 Å². The van der Waals surface area contributed by atoms with Crippen molar-refractivity contribution in [2.45, 2.75) is 11.8 Å². The van der Waals surface area contributed by atoms with Crippen LogP contribution in [0.2, 0.25) is 5.02 Å². The lowest BCUT2D eigenvalue weighted by molar-refractivity contribution is 0.0980. The minimum absolute atomic E-state index is 0.0211. The van der Waals surface area contributed by atoms with E-state index >= 15 is 0 Å². The van der Waals surface area contributed by atoms with Crippen LogP contribution in [0.4, 0.5) is 11.4 Å². The van der Waals surface area contributed by atoms with Gasteiger partial charge in [0.25, 0.3) is 10.0 Å². The number of sulfonamides is 1. The predicted molar refractivity (Wildman–Crippen MR) is 119 cm³/mol. The molecule has 0 heterocycles. The molecule has 0 bridgehead atoms. The summed E-state index contributed by atoms with van der Waals surface area (Å²) in [6.45, 7) is 1.84. The van der Waals surface area contributed by atoms with Gasteiger partial charge in [0.05, 0.1) is 27.4 Å². The van der Waals surface area contributed by atoms with E-state index in [0.29, 0.717) is 4.47 Å². The number of fused-ring (bicyclic) bond motifs is 2. The van der Waals surface area contributed by atoms with Crippen LogP contribution in [-0.4, -0.2) is 20.0 Å². The molecule has 4 rings (SSSR count). The first kappa shape index (κ1) is 20.6. The monoisotopic (exact) mass is 504 g/mol. The quantitative estimate of drug-likeness (QED) is 0.397. The number of carbonyl (C=O) groups is 2. The molecule has 0 aromatic heterocycles. The van der Waals surface area contributed by atoms with Crippen LogP contribution in [0.1, 0.15) is 37.4 Å². The molecular weight excluding hydrogens is 492 g/mol. The number of carbonyl (C=O) groups excluding carboxylic acids is 2. The molecule has 0 saturated heterocycles. The Kier molecular flexibility index (Phi) is 4.96. The normalized spacial score (nSPS) is 13.0. The van der Waals surface area contributed by atoms with Gasteiger partial charge in [0, 0.05) is 20.6 Å². The van der Waals surface area contributed by atoms with Crippen LogP contribution in [0.5, 0.6) is 0 Å². The van der Waals surface area contributed by atoms with E-state index in [9.17, 15) is 18.0 Å². The number of halogens is 2. The van der Waals surface area contributed by atoms with Crippen molar-refractivity contribution in [3.05, 3.63) is 85.8 Å². The van der Waals surface area contributed by atoms with E-state index in [1.165, 1.54) is 36.4 Å². The second-order valence-corrected chi connectivity index (χ2v) is 9.81. The van der Waals surface area contributed by atoms with Crippen LogP contribution in [0.25, 0.3) is 0 Å². The van der Waals surface area contributed by atoms with E-state index in [1.54, 1.807) is 12.1 Å². The highest BCUT2D eigenvalue weighted by atomic mass is 79.9. The van der Waals surface area contributed by atoms with E-state index < -0.39 is 21.6 Å². The average molecular weight is 506 g/mol. The van der Waals surface area contributed by atoms with E-state index in [2.05, 4.69) is 20.7 Å². The summed E-state index contributed by atoms with van der Waals surface area (Å²) < 4.78 is 28.5. The molecule has 3 N–H and O–H groups in total. The maximum Gasteiger partial charge on any atom is 0.261 e. The largest absolute Gasteiger partial charge is 0.397 e. The summed E-state index contributed by atoms with van der Waals surface area (Å²) in [6.07, 6.45) is 0. The van der Waals surface area contributed by atoms with Crippen molar-refractivity contribution in [1.82, 2.24) is 0 Å². The van der Waals surface area contributed by atoms with Crippen LogP contribution in [-0.2, 0) is 10.0 Å². The van der Waals surface area contributed by atoms with E-state index in [0.717, 1.165) is 5.56 Å². The molecule has 1 aliphatic rings. The number of aryl methyl sites for hydroxylation is 1. The average Bonchev–Trinajstić information content (AvgIpc) is 2.68. The lowest BCUT2D eigenvalue weighted by Crippen LogP contribution is -2.25. The van der Waals surface area contributed by atoms with Crippen molar-refractivity contribution in [3.8, 4) is 0 Å². The Morgan fingerprint density at radius 2 is 1.57 bits per heavy atom. The number of nitrogens with one attached hydrogen (secondary N) is 1. The zero-order valence-corrected chi connectivity index (χ0v) is 18.7. The molecule has 9 heteroatoms. The van der Waals surface area contributed by atoms with Crippen LogP contribution in [0.3, 0.4) is 0 Å². The Morgan fingerprint density at radius 1 is 0.933 bits per heavy atom. The van der Waals surface area contributed by atoms with E-state index in [4.69, 9.17) is 17.3 Å².